The normalized spacial score (nSPS) is 22.5. The Morgan fingerprint density at radius 1 is 1.07 bits per heavy atom. The maximum Gasteiger partial charge on any atom is 0.310 e. The number of alkyl halides is 2. The molecule has 0 radical (unpaired) electrons. The van der Waals surface area contributed by atoms with E-state index < -0.39 is 80.7 Å². The minimum absolute atomic E-state index is 0.0705. The van der Waals surface area contributed by atoms with Crippen LogP contribution >= 0.6 is 10.2 Å². The minimum atomic E-state index is -10.1. The first-order valence-electron chi connectivity index (χ1n) is 13.2. The Balaban J connectivity index is 1.86. The highest BCUT2D eigenvalue weighted by Crippen LogP contribution is 3.02. The number of aromatic nitrogens is 1. The zero-order valence-corrected chi connectivity index (χ0v) is 23.9. The quantitative estimate of drug-likeness (QED) is 0.255. The summed E-state index contributed by atoms with van der Waals surface area (Å²) >= 11 is 0. The fraction of sp³-hybridized carbons (Fsp3) is 0.481. The highest BCUT2D eigenvalue weighted by atomic mass is 32.5. The second kappa shape index (κ2) is 10.2. The maximum absolute atomic E-state index is 14.4. The largest absolute Gasteiger partial charge is 0.351 e. The summed E-state index contributed by atoms with van der Waals surface area (Å²) in [6.45, 7) is 3.44. The molecule has 2 aliphatic rings. The molecule has 0 bridgehead atoms. The van der Waals surface area contributed by atoms with Crippen LogP contribution in [0.1, 0.15) is 57.6 Å². The van der Waals surface area contributed by atoms with E-state index in [-0.39, 0.29) is 37.1 Å². The van der Waals surface area contributed by atoms with Crippen LogP contribution in [0.2, 0.25) is 0 Å². The molecule has 2 heterocycles. The Hall–Kier alpha value is -3.61. The van der Waals surface area contributed by atoms with E-state index in [1.807, 2.05) is 6.19 Å². The molecule has 2 atom stereocenters. The Kier molecular flexibility index (Phi) is 7.69. The van der Waals surface area contributed by atoms with Gasteiger partial charge in [0, 0.05) is 42.9 Å². The maximum atomic E-state index is 14.4. The van der Waals surface area contributed by atoms with Gasteiger partial charge in [-0.2, -0.15) is 5.26 Å². The Bertz CT molecular complexity index is 1440. The van der Waals surface area contributed by atoms with Crippen LogP contribution in [-0.4, -0.2) is 46.2 Å². The van der Waals surface area contributed by atoms with Crippen LogP contribution in [0.25, 0.3) is 0 Å². The predicted octanol–water partition coefficient (Wildman–Crippen LogP) is 7.23. The topological polar surface area (TPSA) is 89.3 Å². The van der Waals surface area contributed by atoms with Gasteiger partial charge in [-0.15, -0.1) is 0 Å². The number of amides is 2. The molecule has 1 aliphatic carbocycles. The zero-order valence-electron chi connectivity index (χ0n) is 23.1. The average molecular weight is 640 g/mol. The van der Waals surface area contributed by atoms with Gasteiger partial charge in [-0.1, -0.05) is 33.3 Å². The van der Waals surface area contributed by atoms with Crippen molar-refractivity contribution in [2.24, 2.45) is 5.41 Å². The number of nitrogens with zero attached hydrogens (tertiary/aromatic N) is 4. The van der Waals surface area contributed by atoms with E-state index >= 15 is 0 Å². The van der Waals surface area contributed by atoms with Gasteiger partial charge >= 0.3 is 10.2 Å². The van der Waals surface area contributed by atoms with E-state index in [9.17, 15) is 47.5 Å². The molecule has 0 spiro atoms. The number of carbonyl (C=O) groups excluding carboxylic acids is 2. The summed E-state index contributed by atoms with van der Waals surface area (Å²) in [4.78, 5) is 31.5. The third-order valence-corrected chi connectivity index (χ3v) is 8.98. The minimum Gasteiger partial charge on any atom is -0.351 e. The van der Waals surface area contributed by atoms with Gasteiger partial charge in [-0.05, 0) is 55.0 Å². The first-order chi connectivity index (χ1) is 19.6. The summed E-state index contributed by atoms with van der Waals surface area (Å²) in [7, 11) is -10.1. The molecule has 1 aliphatic heterocycles. The number of carbonyl (C=O) groups is 2. The Morgan fingerprint density at radius 3 is 2.21 bits per heavy atom. The smallest absolute Gasteiger partial charge is 0.310 e. The van der Waals surface area contributed by atoms with Gasteiger partial charge in [-0.25, -0.2) is 13.2 Å². The molecule has 0 unspecified atom stereocenters. The molecule has 1 saturated heterocycles. The lowest BCUT2D eigenvalue weighted by atomic mass is 9.83. The summed E-state index contributed by atoms with van der Waals surface area (Å²) in [6.07, 6.45) is 2.74. The van der Waals surface area contributed by atoms with Crippen molar-refractivity contribution < 1.29 is 42.2 Å². The molecule has 2 amide bonds. The second-order valence-corrected chi connectivity index (χ2v) is 14.0. The number of nitriles is 1. The number of pyridine rings is 1. The lowest BCUT2D eigenvalue weighted by Gasteiger charge is -2.41. The van der Waals surface area contributed by atoms with Crippen molar-refractivity contribution in [2.75, 3.05) is 11.4 Å². The van der Waals surface area contributed by atoms with Crippen molar-refractivity contribution in [3.8, 4) is 6.19 Å². The van der Waals surface area contributed by atoms with Crippen molar-refractivity contribution >= 4 is 27.7 Å². The highest BCUT2D eigenvalue weighted by Gasteiger charge is 2.65. The number of hydrogen-bond donors (Lipinski definition) is 1. The van der Waals surface area contributed by atoms with Gasteiger partial charge in [0.2, 0.25) is 11.8 Å². The molecule has 1 aromatic carbocycles. The van der Waals surface area contributed by atoms with Crippen molar-refractivity contribution in [1.82, 2.24) is 15.2 Å². The van der Waals surface area contributed by atoms with Gasteiger partial charge in [0.25, 0.3) is 5.91 Å². The van der Waals surface area contributed by atoms with E-state index in [2.05, 4.69) is 10.3 Å². The Labute approximate surface area is 242 Å². The van der Waals surface area contributed by atoms with E-state index in [4.69, 9.17) is 0 Å². The van der Waals surface area contributed by atoms with Crippen LogP contribution in [0.4, 0.5) is 38.3 Å². The van der Waals surface area contributed by atoms with E-state index in [1.165, 1.54) is 0 Å². The fourth-order valence-corrected chi connectivity index (χ4v) is 6.18. The number of anilines is 1. The van der Waals surface area contributed by atoms with Crippen LogP contribution in [0.3, 0.4) is 0 Å². The SMILES string of the molecule is CC1(C)CCN(C#N)[C@H]1C(=O)N(c1ccc(S(F)(F)(F)(F)F)cc1)[C@@H](C(=O)NC1CCC(F)(F)CC1)c1cncc(F)c1. The molecule has 16 heteroatoms. The molecule has 2 fully saturated rings. The van der Waals surface area contributed by atoms with Crippen molar-refractivity contribution in [2.45, 2.75) is 74.9 Å². The van der Waals surface area contributed by atoms with Gasteiger partial charge in [0.1, 0.15) is 22.8 Å². The summed E-state index contributed by atoms with van der Waals surface area (Å²) in [6, 6.07) is -1.70. The highest BCUT2D eigenvalue weighted by molar-refractivity contribution is 8.45. The standard InChI is InChI=1S/C27H29F8N5O2S/c1-26(2)11-12-39(16-36)23(26)25(42)40(20-3-5-21(6-4-20)43(31,32,33,34)35)22(17-13-18(28)15-37-14-17)24(41)38-19-7-9-27(29,30)10-8-19/h3-6,13-15,19,22-23H,7-12H2,1-2H3,(H,38,41)/t22-,23+/m1/s1. The van der Waals surface area contributed by atoms with Crippen LogP contribution in [-0.2, 0) is 9.59 Å². The molecule has 2 aromatic rings. The third kappa shape index (κ3) is 7.14. The van der Waals surface area contributed by atoms with Crippen molar-refractivity contribution in [3.05, 3.63) is 54.1 Å². The summed E-state index contributed by atoms with van der Waals surface area (Å²) in [5.74, 6) is -5.82. The molecular formula is C27H29F8N5O2S. The number of likely N-dealkylation sites (tertiary alicyclic amines) is 1. The molecule has 236 valence electrons. The van der Waals surface area contributed by atoms with Crippen LogP contribution in [0, 0.1) is 22.7 Å². The molecule has 7 nitrogen and oxygen atoms in total. The zero-order chi connectivity index (χ0) is 32.1. The number of rotatable bonds is 7. The molecule has 4 rings (SSSR count). The van der Waals surface area contributed by atoms with Gasteiger partial charge in [0.05, 0.1) is 6.20 Å². The first kappa shape index (κ1) is 32.3. The monoisotopic (exact) mass is 639 g/mol. The van der Waals surface area contributed by atoms with Crippen LogP contribution in [0.15, 0.2) is 47.6 Å². The molecule has 43 heavy (non-hydrogen) atoms. The Morgan fingerprint density at radius 2 is 1.67 bits per heavy atom. The molecule has 1 saturated carbocycles. The van der Waals surface area contributed by atoms with Crippen molar-refractivity contribution in [1.29, 1.82) is 5.26 Å². The lowest BCUT2D eigenvalue weighted by Crippen LogP contribution is -2.54. The molecule has 1 N–H and O–H groups in total. The molecule has 1 aromatic heterocycles. The lowest BCUT2D eigenvalue weighted by molar-refractivity contribution is -0.130. The number of nitrogens with one attached hydrogen (secondary N) is 1. The van der Waals surface area contributed by atoms with E-state index in [0.29, 0.717) is 18.6 Å². The second-order valence-electron chi connectivity index (χ2n) is 11.6. The van der Waals surface area contributed by atoms with Crippen molar-refractivity contribution in [3.63, 3.8) is 0 Å². The van der Waals surface area contributed by atoms with Gasteiger partial charge in [-0.3, -0.25) is 24.4 Å². The average Bonchev–Trinajstić information content (AvgIpc) is 3.20. The summed E-state index contributed by atoms with van der Waals surface area (Å²) in [5, 5.41) is 12.3. The summed E-state index contributed by atoms with van der Waals surface area (Å²) in [5.41, 5.74) is -1.57. The van der Waals surface area contributed by atoms with Crippen LogP contribution in [0.5, 0.6) is 0 Å². The third-order valence-electron chi connectivity index (χ3n) is 7.82. The molecular weight excluding hydrogens is 610 g/mol. The fourth-order valence-electron chi connectivity index (χ4n) is 5.53. The number of hydrogen-bond acceptors (Lipinski definition) is 5. The van der Waals surface area contributed by atoms with Gasteiger partial charge in [0.15, 0.2) is 6.19 Å². The summed E-state index contributed by atoms with van der Waals surface area (Å²) < 4.78 is 109. The predicted molar refractivity (Wildman–Crippen MR) is 142 cm³/mol. The van der Waals surface area contributed by atoms with E-state index in [1.54, 1.807) is 13.8 Å². The van der Waals surface area contributed by atoms with E-state index in [0.717, 1.165) is 28.3 Å². The number of benzene rings is 1. The number of halogens is 8. The first-order valence-corrected chi connectivity index (χ1v) is 15.2. The van der Waals surface area contributed by atoms with Gasteiger partial charge < -0.3 is 5.32 Å². The van der Waals surface area contributed by atoms with Crippen LogP contribution < -0.4 is 10.2 Å².